The maximum atomic E-state index is 13.0. The molecule has 0 unspecified atom stereocenters. The lowest BCUT2D eigenvalue weighted by Crippen LogP contribution is -2.30. The van der Waals surface area contributed by atoms with E-state index < -0.39 is 5.92 Å². The minimum Gasteiger partial charge on any atom is -0.342 e. The zero-order chi connectivity index (χ0) is 19.6. The number of anilines is 1. The molecule has 1 aromatic heterocycles. The summed E-state index contributed by atoms with van der Waals surface area (Å²) in [6.45, 7) is 7.01. The highest BCUT2D eigenvalue weighted by molar-refractivity contribution is 7.15. The van der Waals surface area contributed by atoms with Gasteiger partial charge in [0.2, 0.25) is 16.9 Å². The number of nitrogens with zero attached hydrogens (tertiary/aromatic N) is 3. The summed E-state index contributed by atoms with van der Waals surface area (Å²) in [5.41, 5.74) is 0.835. The number of hydrogen-bond donors (Lipinski definition) is 1. The lowest BCUT2D eigenvalue weighted by Gasteiger charge is -2.16. The topological polar surface area (TPSA) is 75.2 Å². The summed E-state index contributed by atoms with van der Waals surface area (Å²) in [6, 6.07) is 6.24. The van der Waals surface area contributed by atoms with Crippen LogP contribution in [0.15, 0.2) is 24.3 Å². The fraction of sp³-hybridized carbons (Fsp3) is 0.474. The number of carbonyl (C=O) groups excluding carboxylic acids is 2. The average Bonchev–Trinajstić information content (AvgIpc) is 3.21. The Morgan fingerprint density at radius 2 is 2.00 bits per heavy atom. The maximum Gasteiger partial charge on any atom is 0.231 e. The fourth-order valence-corrected chi connectivity index (χ4v) is 3.67. The highest BCUT2D eigenvalue weighted by Gasteiger charge is 2.34. The molecule has 1 saturated heterocycles. The smallest absolute Gasteiger partial charge is 0.231 e. The summed E-state index contributed by atoms with van der Waals surface area (Å²) < 4.78 is 13.0. The molecular formula is C19H23FN4O2S. The Morgan fingerprint density at radius 3 is 2.63 bits per heavy atom. The number of nitrogens with one attached hydrogen (secondary N) is 1. The third kappa shape index (κ3) is 4.88. The van der Waals surface area contributed by atoms with Crippen LogP contribution in [0.25, 0.3) is 0 Å². The van der Waals surface area contributed by atoms with Crippen molar-refractivity contribution in [3.63, 3.8) is 0 Å². The van der Waals surface area contributed by atoms with Crippen LogP contribution in [0.2, 0.25) is 0 Å². The predicted molar refractivity (Wildman–Crippen MR) is 102 cm³/mol. The molecular weight excluding hydrogens is 367 g/mol. The highest BCUT2D eigenvalue weighted by atomic mass is 32.1. The SMILES string of the molecule is CC(C)(C)c1nnc(NC(=O)[C@@H]2CC(=O)N(CCc3ccc(F)cc3)C2)s1. The van der Waals surface area contributed by atoms with E-state index in [2.05, 4.69) is 15.5 Å². The van der Waals surface area contributed by atoms with Crippen molar-refractivity contribution in [2.45, 2.75) is 39.0 Å². The van der Waals surface area contributed by atoms with Crippen LogP contribution >= 0.6 is 11.3 Å². The van der Waals surface area contributed by atoms with Crippen LogP contribution in [0.3, 0.4) is 0 Å². The summed E-state index contributed by atoms with van der Waals surface area (Å²) in [4.78, 5) is 26.4. The van der Waals surface area contributed by atoms with E-state index >= 15 is 0 Å². The first-order valence-electron chi connectivity index (χ1n) is 8.89. The van der Waals surface area contributed by atoms with Crippen molar-refractivity contribution < 1.29 is 14.0 Å². The number of aromatic nitrogens is 2. The molecule has 0 saturated carbocycles. The monoisotopic (exact) mass is 390 g/mol. The fourth-order valence-electron chi connectivity index (χ4n) is 2.86. The van der Waals surface area contributed by atoms with Gasteiger partial charge in [-0.15, -0.1) is 10.2 Å². The largest absolute Gasteiger partial charge is 0.342 e. The van der Waals surface area contributed by atoms with Crippen LogP contribution in [0, 0.1) is 11.7 Å². The number of hydrogen-bond acceptors (Lipinski definition) is 5. The minimum atomic E-state index is -0.396. The van der Waals surface area contributed by atoms with Gasteiger partial charge in [0, 0.05) is 24.9 Å². The number of halogens is 1. The van der Waals surface area contributed by atoms with E-state index in [0.717, 1.165) is 10.6 Å². The van der Waals surface area contributed by atoms with Crippen LogP contribution in [0.1, 0.15) is 37.8 Å². The van der Waals surface area contributed by atoms with Crippen LogP contribution < -0.4 is 5.32 Å². The van der Waals surface area contributed by atoms with Crippen molar-refractivity contribution in [3.8, 4) is 0 Å². The van der Waals surface area contributed by atoms with Crippen molar-refractivity contribution in [2.75, 3.05) is 18.4 Å². The van der Waals surface area contributed by atoms with Gasteiger partial charge in [-0.3, -0.25) is 9.59 Å². The van der Waals surface area contributed by atoms with Gasteiger partial charge in [0.25, 0.3) is 0 Å². The molecule has 8 heteroatoms. The summed E-state index contributed by atoms with van der Waals surface area (Å²) in [7, 11) is 0. The minimum absolute atomic E-state index is 0.0371. The molecule has 0 radical (unpaired) electrons. The second-order valence-electron chi connectivity index (χ2n) is 7.77. The van der Waals surface area contributed by atoms with Gasteiger partial charge in [-0.05, 0) is 24.1 Å². The third-order valence-corrected chi connectivity index (χ3v) is 5.73. The Bertz CT molecular complexity index is 829. The normalized spacial score (nSPS) is 17.4. The van der Waals surface area contributed by atoms with Gasteiger partial charge >= 0.3 is 0 Å². The van der Waals surface area contributed by atoms with Crippen molar-refractivity contribution in [1.29, 1.82) is 0 Å². The summed E-state index contributed by atoms with van der Waals surface area (Å²) in [5.74, 6) is -0.916. The third-order valence-electron chi connectivity index (χ3n) is 4.47. The van der Waals surface area contributed by atoms with E-state index in [1.54, 1.807) is 17.0 Å². The molecule has 0 aliphatic carbocycles. The van der Waals surface area contributed by atoms with Gasteiger partial charge < -0.3 is 10.2 Å². The number of likely N-dealkylation sites (tertiary alicyclic amines) is 1. The number of rotatable bonds is 5. The lowest BCUT2D eigenvalue weighted by atomic mass is 9.98. The second-order valence-corrected chi connectivity index (χ2v) is 8.75. The summed E-state index contributed by atoms with van der Waals surface area (Å²) in [6.07, 6.45) is 0.825. The molecule has 0 spiro atoms. The summed E-state index contributed by atoms with van der Waals surface area (Å²) >= 11 is 1.35. The van der Waals surface area contributed by atoms with Gasteiger partial charge in [0.1, 0.15) is 10.8 Å². The van der Waals surface area contributed by atoms with Crippen LogP contribution in [0.4, 0.5) is 9.52 Å². The first kappa shape index (κ1) is 19.4. The second kappa shape index (κ2) is 7.72. The molecule has 1 N–H and O–H groups in total. The van der Waals surface area contributed by atoms with E-state index in [4.69, 9.17) is 0 Å². The molecule has 2 heterocycles. The van der Waals surface area contributed by atoms with Crippen molar-refractivity contribution in [1.82, 2.24) is 15.1 Å². The van der Waals surface area contributed by atoms with E-state index in [1.807, 2.05) is 20.8 Å². The molecule has 1 aliphatic rings. The molecule has 6 nitrogen and oxygen atoms in total. The van der Waals surface area contributed by atoms with Gasteiger partial charge in [0.15, 0.2) is 0 Å². The number of carbonyl (C=O) groups is 2. The lowest BCUT2D eigenvalue weighted by molar-refractivity contribution is -0.128. The zero-order valence-corrected chi connectivity index (χ0v) is 16.5. The quantitative estimate of drug-likeness (QED) is 0.852. The van der Waals surface area contributed by atoms with Crippen molar-refractivity contribution in [2.24, 2.45) is 5.92 Å². The van der Waals surface area contributed by atoms with Gasteiger partial charge in [0.05, 0.1) is 5.92 Å². The maximum absolute atomic E-state index is 13.0. The Labute approximate surface area is 161 Å². The van der Waals surface area contributed by atoms with Gasteiger partial charge in [-0.25, -0.2) is 4.39 Å². The Hall–Kier alpha value is -2.35. The van der Waals surface area contributed by atoms with Crippen molar-refractivity contribution in [3.05, 3.63) is 40.7 Å². The van der Waals surface area contributed by atoms with E-state index in [0.29, 0.717) is 24.6 Å². The van der Waals surface area contributed by atoms with Crippen molar-refractivity contribution >= 4 is 28.3 Å². The van der Waals surface area contributed by atoms with Crippen LogP contribution in [-0.4, -0.2) is 40.0 Å². The average molecular weight is 390 g/mol. The molecule has 2 aromatic rings. The molecule has 1 aromatic carbocycles. The van der Waals surface area contributed by atoms with Gasteiger partial charge in [-0.2, -0.15) is 0 Å². The highest BCUT2D eigenvalue weighted by Crippen LogP contribution is 2.28. The molecule has 27 heavy (non-hydrogen) atoms. The molecule has 1 aliphatic heterocycles. The Kier molecular flexibility index (Phi) is 5.55. The van der Waals surface area contributed by atoms with E-state index in [9.17, 15) is 14.0 Å². The molecule has 2 amide bonds. The molecule has 3 rings (SSSR count). The Morgan fingerprint density at radius 1 is 1.30 bits per heavy atom. The van der Waals surface area contributed by atoms with E-state index in [-0.39, 0.29) is 29.5 Å². The zero-order valence-electron chi connectivity index (χ0n) is 15.7. The first-order valence-corrected chi connectivity index (χ1v) is 9.71. The first-order chi connectivity index (χ1) is 12.7. The molecule has 0 bridgehead atoms. The number of benzene rings is 1. The predicted octanol–water partition coefficient (Wildman–Crippen LogP) is 3.00. The Balaban J connectivity index is 1.54. The van der Waals surface area contributed by atoms with E-state index in [1.165, 1.54) is 23.5 Å². The molecule has 1 fully saturated rings. The molecule has 144 valence electrons. The summed E-state index contributed by atoms with van der Waals surface area (Å²) in [5, 5.41) is 12.2. The number of amides is 2. The standard InChI is InChI=1S/C19H23FN4O2S/c1-19(2,3)17-22-23-18(27-17)21-16(26)13-10-15(25)24(11-13)9-8-12-4-6-14(20)7-5-12/h4-7,13H,8-11H2,1-3H3,(H,21,23,26)/t13-/m1/s1. The van der Waals surface area contributed by atoms with Crippen LogP contribution in [-0.2, 0) is 21.4 Å². The molecule has 1 atom stereocenters. The van der Waals surface area contributed by atoms with Gasteiger partial charge in [-0.1, -0.05) is 44.2 Å². The van der Waals surface area contributed by atoms with Crippen LogP contribution in [0.5, 0.6) is 0 Å².